The van der Waals surface area contributed by atoms with Gasteiger partial charge in [-0.1, -0.05) is 6.07 Å². The average Bonchev–Trinajstić information content (AvgIpc) is 3.06. The van der Waals surface area contributed by atoms with Gasteiger partial charge >= 0.3 is 0 Å². The Labute approximate surface area is 147 Å². The Bertz CT molecular complexity index is 929. The van der Waals surface area contributed by atoms with Crippen molar-refractivity contribution in [1.82, 2.24) is 10.2 Å². The highest BCUT2D eigenvalue weighted by Crippen LogP contribution is 2.35. The van der Waals surface area contributed by atoms with Crippen molar-refractivity contribution in [2.24, 2.45) is 0 Å². The van der Waals surface area contributed by atoms with E-state index in [1.54, 1.807) is 14.2 Å². The molecule has 2 aromatic carbocycles. The summed E-state index contributed by atoms with van der Waals surface area (Å²) in [4.78, 5) is 0. The summed E-state index contributed by atoms with van der Waals surface area (Å²) in [6.45, 7) is 8.12. The lowest BCUT2D eigenvalue weighted by molar-refractivity contribution is 0.411. The molecule has 5 nitrogen and oxygen atoms in total. The summed E-state index contributed by atoms with van der Waals surface area (Å²) in [5.41, 5.74) is 6.08. The van der Waals surface area contributed by atoms with E-state index >= 15 is 0 Å². The normalized spacial score (nSPS) is 10.8. The van der Waals surface area contributed by atoms with E-state index in [0.717, 1.165) is 44.9 Å². The lowest BCUT2D eigenvalue weighted by Crippen LogP contribution is -1.92. The summed E-state index contributed by atoms with van der Waals surface area (Å²) in [7, 11) is 3.29. The van der Waals surface area contributed by atoms with Crippen LogP contribution in [-0.4, -0.2) is 24.4 Å². The van der Waals surface area contributed by atoms with Gasteiger partial charge in [0, 0.05) is 5.56 Å². The molecule has 3 rings (SSSR count). The first-order chi connectivity index (χ1) is 11.9. The Morgan fingerprint density at radius 1 is 0.640 bits per heavy atom. The third-order valence-corrected chi connectivity index (χ3v) is 4.44. The van der Waals surface area contributed by atoms with Crippen LogP contribution < -0.4 is 9.47 Å². The number of aromatic nitrogens is 2. The molecule has 0 bridgehead atoms. The molecular formula is C20H22N2O3. The molecule has 0 aliphatic rings. The van der Waals surface area contributed by atoms with E-state index in [2.05, 4.69) is 16.3 Å². The first kappa shape index (κ1) is 17.0. The number of rotatable bonds is 4. The molecule has 0 atom stereocenters. The van der Waals surface area contributed by atoms with Crippen molar-refractivity contribution in [1.29, 1.82) is 0 Å². The van der Waals surface area contributed by atoms with Gasteiger partial charge in [0.05, 0.1) is 19.8 Å². The van der Waals surface area contributed by atoms with Crippen molar-refractivity contribution >= 4 is 0 Å². The third-order valence-electron chi connectivity index (χ3n) is 4.44. The lowest BCUT2D eigenvalue weighted by atomic mass is 10.0. The lowest BCUT2D eigenvalue weighted by Gasteiger charge is -2.09. The molecule has 5 heteroatoms. The smallest absolute Gasteiger partial charge is 0.251 e. The predicted molar refractivity (Wildman–Crippen MR) is 97.2 cm³/mol. The Kier molecular flexibility index (Phi) is 4.49. The first-order valence-corrected chi connectivity index (χ1v) is 8.09. The van der Waals surface area contributed by atoms with Gasteiger partial charge in [0.1, 0.15) is 11.5 Å². The molecule has 0 aliphatic heterocycles. The second-order valence-corrected chi connectivity index (χ2v) is 6.19. The minimum Gasteiger partial charge on any atom is -0.496 e. The van der Waals surface area contributed by atoms with Crippen molar-refractivity contribution in [2.75, 3.05) is 14.2 Å². The van der Waals surface area contributed by atoms with E-state index in [0.29, 0.717) is 11.8 Å². The van der Waals surface area contributed by atoms with Crippen molar-refractivity contribution in [3.8, 4) is 34.4 Å². The highest BCUT2D eigenvalue weighted by Gasteiger charge is 2.18. The molecule has 0 unspecified atom stereocenters. The van der Waals surface area contributed by atoms with E-state index < -0.39 is 0 Å². The number of aryl methyl sites for hydroxylation is 4. The minimum absolute atomic E-state index is 0.439. The quantitative estimate of drug-likeness (QED) is 0.693. The fourth-order valence-electron chi connectivity index (χ4n) is 2.85. The van der Waals surface area contributed by atoms with Crippen LogP contribution >= 0.6 is 0 Å². The van der Waals surface area contributed by atoms with Crippen molar-refractivity contribution in [3.63, 3.8) is 0 Å². The molecule has 1 aromatic heterocycles. The van der Waals surface area contributed by atoms with Crippen LogP contribution in [0.2, 0.25) is 0 Å². The first-order valence-electron chi connectivity index (χ1n) is 8.09. The van der Waals surface area contributed by atoms with Crippen LogP contribution in [0.3, 0.4) is 0 Å². The van der Waals surface area contributed by atoms with E-state index in [-0.39, 0.29) is 0 Å². The summed E-state index contributed by atoms with van der Waals surface area (Å²) >= 11 is 0. The van der Waals surface area contributed by atoms with Gasteiger partial charge in [-0.3, -0.25) is 0 Å². The number of hydrogen-bond donors (Lipinski definition) is 0. The molecule has 0 saturated heterocycles. The Morgan fingerprint density at radius 2 is 1.24 bits per heavy atom. The minimum atomic E-state index is 0.439. The van der Waals surface area contributed by atoms with Crippen LogP contribution in [-0.2, 0) is 0 Å². The van der Waals surface area contributed by atoms with Gasteiger partial charge in [0.15, 0.2) is 0 Å². The Balaban J connectivity index is 2.09. The summed E-state index contributed by atoms with van der Waals surface area (Å²) in [6.07, 6.45) is 0. The van der Waals surface area contributed by atoms with E-state index in [1.807, 2.05) is 45.9 Å². The maximum absolute atomic E-state index is 5.96. The van der Waals surface area contributed by atoms with Gasteiger partial charge in [0.2, 0.25) is 5.89 Å². The number of nitrogens with zero attached hydrogens (tertiary/aromatic N) is 2. The second-order valence-electron chi connectivity index (χ2n) is 6.19. The van der Waals surface area contributed by atoms with Gasteiger partial charge < -0.3 is 13.9 Å². The molecule has 25 heavy (non-hydrogen) atoms. The summed E-state index contributed by atoms with van der Waals surface area (Å²) < 4.78 is 16.8. The van der Waals surface area contributed by atoms with Crippen LogP contribution in [0.1, 0.15) is 22.3 Å². The maximum Gasteiger partial charge on any atom is 0.251 e. The highest BCUT2D eigenvalue weighted by atomic mass is 16.5. The molecule has 0 fully saturated rings. The highest BCUT2D eigenvalue weighted by molar-refractivity contribution is 5.68. The number of methoxy groups -OCH3 is 2. The molecule has 0 spiro atoms. The molecule has 0 saturated carbocycles. The number of hydrogen-bond acceptors (Lipinski definition) is 5. The summed E-state index contributed by atoms with van der Waals surface area (Å²) in [5, 5.41) is 8.45. The number of ether oxygens (including phenoxy) is 2. The molecule has 0 N–H and O–H groups in total. The van der Waals surface area contributed by atoms with Crippen LogP contribution in [0.25, 0.3) is 22.9 Å². The zero-order valence-electron chi connectivity index (χ0n) is 15.4. The van der Waals surface area contributed by atoms with Crippen molar-refractivity contribution in [2.45, 2.75) is 27.7 Å². The largest absolute Gasteiger partial charge is 0.496 e. The maximum atomic E-state index is 5.96. The molecule has 1 heterocycles. The van der Waals surface area contributed by atoms with E-state index in [9.17, 15) is 0 Å². The van der Waals surface area contributed by atoms with Crippen LogP contribution in [0.15, 0.2) is 28.7 Å². The third kappa shape index (κ3) is 3.09. The van der Waals surface area contributed by atoms with E-state index in [4.69, 9.17) is 13.9 Å². The molecule has 3 aromatic rings. The summed E-state index contributed by atoms with van der Waals surface area (Å²) in [6, 6.07) is 7.97. The Morgan fingerprint density at radius 3 is 1.88 bits per heavy atom. The Hall–Kier alpha value is -2.82. The van der Waals surface area contributed by atoms with Gasteiger partial charge in [0.25, 0.3) is 5.89 Å². The van der Waals surface area contributed by atoms with Crippen LogP contribution in [0, 0.1) is 27.7 Å². The van der Waals surface area contributed by atoms with Crippen molar-refractivity contribution in [3.05, 3.63) is 46.5 Å². The fourth-order valence-corrected chi connectivity index (χ4v) is 2.85. The van der Waals surface area contributed by atoms with Gasteiger partial charge in [-0.05, 0) is 68.1 Å². The number of benzene rings is 2. The SMILES string of the molecule is COc1cc(-c2nnc(-c3cc(C)c(C)cc3OC)o2)c(C)cc1C. The van der Waals surface area contributed by atoms with E-state index in [1.165, 1.54) is 0 Å². The zero-order chi connectivity index (χ0) is 18.1. The zero-order valence-corrected chi connectivity index (χ0v) is 15.4. The van der Waals surface area contributed by atoms with Crippen LogP contribution in [0.5, 0.6) is 11.5 Å². The molecule has 0 amide bonds. The van der Waals surface area contributed by atoms with Gasteiger partial charge in [-0.25, -0.2) is 0 Å². The average molecular weight is 338 g/mol. The van der Waals surface area contributed by atoms with Crippen molar-refractivity contribution < 1.29 is 13.9 Å². The topological polar surface area (TPSA) is 57.4 Å². The van der Waals surface area contributed by atoms with Gasteiger partial charge in [-0.15, -0.1) is 10.2 Å². The summed E-state index contributed by atoms with van der Waals surface area (Å²) in [5.74, 6) is 2.42. The fraction of sp³-hybridized carbons (Fsp3) is 0.300. The predicted octanol–water partition coefficient (Wildman–Crippen LogP) is 4.65. The molecule has 0 radical (unpaired) electrons. The monoisotopic (exact) mass is 338 g/mol. The van der Waals surface area contributed by atoms with Gasteiger partial charge in [-0.2, -0.15) is 0 Å². The van der Waals surface area contributed by atoms with Crippen LogP contribution in [0.4, 0.5) is 0 Å². The molecular weight excluding hydrogens is 316 g/mol. The molecule has 0 aliphatic carbocycles. The molecule has 130 valence electrons. The second kappa shape index (κ2) is 6.59. The standard InChI is InChI=1S/C20H22N2O3/c1-11-8-16(18(24-6)9-12(11)2)20-22-21-19(25-20)15-10-17(23-5)14(4)7-13(15)3/h7-10H,1-6H3.